The van der Waals surface area contributed by atoms with Crippen molar-refractivity contribution in [2.45, 2.75) is 39.7 Å². The first-order chi connectivity index (χ1) is 12.4. The predicted octanol–water partition coefficient (Wildman–Crippen LogP) is 3.65. The van der Waals surface area contributed by atoms with Crippen molar-refractivity contribution in [1.29, 1.82) is 0 Å². The third-order valence-corrected chi connectivity index (χ3v) is 5.19. The maximum atomic E-state index is 12.7. The summed E-state index contributed by atoms with van der Waals surface area (Å²) in [6.45, 7) is 7.42. The van der Waals surface area contributed by atoms with Gasteiger partial charge in [0.05, 0.1) is 0 Å². The van der Waals surface area contributed by atoms with Gasteiger partial charge in [0.25, 0.3) is 11.8 Å². The normalized spacial score (nSPS) is 15.0. The van der Waals surface area contributed by atoms with Gasteiger partial charge in [-0.25, -0.2) is 0 Å². The van der Waals surface area contributed by atoms with Crippen LogP contribution in [0.1, 0.15) is 50.2 Å². The summed E-state index contributed by atoms with van der Waals surface area (Å²) >= 11 is 0. The monoisotopic (exact) mass is 350 g/mol. The molecule has 0 aliphatic carbocycles. The van der Waals surface area contributed by atoms with Crippen LogP contribution in [0.5, 0.6) is 0 Å². The first-order valence-electron chi connectivity index (χ1n) is 9.18. The molecule has 0 bridgehead atoms. The third kappa shape index (κ3) is 4.13. The molecule has 1 aliphatic rings. The molecule has 1 heterocycles. The fourth-order valence-electron chi connectivity index (χ4n) is 3.26. The van der Waals surface area contributed by atoms with Crippen LogP contribution < -0.4 is 5.32 Å². The van der Waals surface area contributed by atoms with Crippen molar-refractivity contribution in [3.05, 3.63) is 70.3 Å². The summed E-state index contributed by atoms with van der Waals surface area (Å²) in [6.07, 6.45) is 1.57. The van der Waals surface area contributed by atoms with E-state index in [2.05, 4.69) is 5.32 Å². The Morgan fingerprint density at radius 3 is 2.12 bits per heavy atom. The zero-order valence-electron chi connectivity index (χ0n) is 15.7. The van der Waals surface area contributed by atoms with Crippen LogP contribution in [-0.2, 0) is 0 Å². The lowest BCUT2D eigenvalue weighted by Crippen LogP contribution is -2.46. The molecule has 1 N–H and O–H groups in total. The number of carbonyl (C=O) groups is 2. The number of nitrogens with one attached hydrogen (secondary N) is 1. The first-order valence-corrected chi connectivity index (χ1v) is 9.18. The number of amides is 2. The average molecular weight is 350 g/mol. The van der Waals surface area contributed by atoms with Gasteiger partial charge in [-0.15, -0.1) is 0 Å². The number of hydrogen-bond acceptors (Lipinski definition) is 2. The number of rotatable bonds is 3. The van der Waals surface area contributed by atoms with Crippen LogP contribution in [0.2, 0.25) is 0 Å². The Morgan fingerprint density at radius 1 is 0.885 bits per heavy atom. The van der Waals surface area contributed by atoms with Gasteiger partial charge in [0.2, 0.25) is 0 Å². The summed E-state index contributed by atoms with van der Waals surface area (Å²) in [4.78, 5) is 26.9. The molecule has 136 valence electrons. The van der Waals surface area contributed by atoms with E-state index in [9.17, 15) is 9.59 Å². The number of carbonyl (C=O) groups excluding carboxylic acids is 2. The van der Waals surface area contributed by atoms with E-state index in [-0.39, 0.29) is 17.9 Å². The van der Waals surface area contributed by atoms with Crippen molar-refractivity contribution in [2.75, 3.05) is 13.1 Å². The molecule has 2 aromatic rings. The molecule has 4 nitrogen and oxygen atoms in total. The molecular weight excluding hydrogens is 324 g/mol. The Kier molecular flexibility index (Phi) is 5.40. The van der Waals surface area contributed by atoms with Gasteiger partial charge in [-0.1, -0.05) is 23.8 Å². The molecule has 0 radical (unpaired) electrons. The molecule has 2 aromatic carbocycles. The van der Waals surface area contributed by atoms with Gasteiger partial charge in [-0.2, -0.15) is 0 Å². The van der Waals surface area contributed by atoms with Crippen LogP contribution in [0.3, 0.4) is 0 Å². The standard InChI is InChI=1S/C22H26N2O2/c1-15-4-7-18(8-5-15)21(25)23-20-10-12-24(13-11-20)22(26)19-9-6-16(2)17(3)14-19/h4-9,14,20H,10-13H2,1-3H3,(H,23,25). The Balaban J connectivity index is 1.55. The van der Waals surface area contributed by atoms with Gasteiger partial charge < -0.3 is 10.2 Å². The topological polar surface area (TPSA) is 49.4 Å². The van der Waals surface area contributed by atoms with Crippen LogP contribution >= 0.6 is 0 Å². The Morgan fingerprint density at radius 2 is 1.50 bits per heavy atom. The van der Waals surface area contributed by atoms with E-state index < -0.39 is 0 Å². The maximum absolute atomic E-state index is 12.7. The molecule has 1 aliphatic heterocycles. The second-order valence-corrected chi connectivity index (χ2v) is 7.20. The van der Waals surface area contributed by atoms with E-state index in [0.717, 1.165) is 29.5 Å². The molecule has 0 saturated carbocycles. The highest BCUT2D eigenvalue weighted by Crippen LogP contribution is 2.17. The van der Waals surface area contributed by atoms with Gasteiger partial charge in [-0.3, -0.25) is 9.59 Å². The van der Waals surface area contributed by atoms with E-state index in [1.807, 2.05) is 68.1 Å². The molecule has 2 amide bonds. The molecule has 1 saturated heterocycles. The van der Waals surface area contributed by atoms with Gasteiger partial charge in [-0.05, 0) is 69.0 Å². The number of likely N-dealkylation sites (tertiary alicyclic amines) is 1. The molecule has 0 atom stereocenters. The second kappa shape index (κ2) is 7.73. The second-order valence-electron chi connectivity index (χ2n) is 7.20. The molecule has 0 spiro atoms. The highest BCUT2D eigenvalue weighted by molar-refractivity contribution is 5.95. The molecule has 0 unspecified atom stereocenters. The summed E-state index contributed by atoms with van der Waals surface area (Å²) in [5, 5.41) is 3.09. The van der Waals surface area contributed by atoms with Crippen molar-refractivity contribution in [1.82, 2.24) is 10.2 Å². The smallest absolute Gasteiger partial charge is 0.253 e. The zero-order valence-corrected chi connectivity index (χ0v) is 15.7. The molecular formula is C22H26N2O2. The van der Waals surface area contributed by atoms with Crippen molar-refractivity contribution in [3.63, 3.8) is 0 Å². The molecule has 26 heavy (non-hydrogen) atoms. The molecule has 4 heteroatoms. The maximum Gasteiger partial charge on any atom is 0.253 e. The first kappa shape index (κ1) is 18.2. The van der Waals surface area contributed by atoms with E-state index in [1.54, 1.807) is 0 Å². The molecule has 3 rings (SSSR count). The van der Waals surface area contributed by atoms with Crippen LogP contribution in [0.15, 0.2) is 42.5 Å². The summed E-state index contributed by atoms with van der Waals surface area (Å²) in [6, 6.07) is 13.6. The number of aryl methyl sites for hydroxylation is 3. The summed E-state index contributed by atoms with van der Waals surface area (Å²) < 4.78 is 0. The Labute approximate surface area is 155 Å². The summed E-state index contributed by atoms with van der Waals surface area (Å²) in [5.74, 6) is 0.0420. The minimum Gasteiger partial charge on any atom is -0.349 e. The minimum absolute atomic E-state index is 0.0380. The van der Waals surface area contributed by atoms with E-state index in [0.29, 0.717) is 18.7 Å². The van der Waals surface area contributed by atoms with Crippen molar-refractivity contribution in [3.8, 4) is 0 Å². The van der Waals surface area contributed by atoms with E-state index in [4.69, 9.17) is 0 Å². The van der Waals surface area contributed by atoms with Crippen LogP contribution in [0, 0.1) is 20.8 Å². The van der Waals surface area contributed by atoms with Crippen LogP contribution in [0.25, 0.3) is 0 Å². The molecule has 0 aromatic heterocycles. The zero-order chi connectivity index (χ0) is 18.7. The number of piperidine rings is 1. The lowest BCUT2D eigenvalue weighted by atomic mass is 10.0. The van der Waals surface area contributed by atoms with Gasteiger partial charge in [0.15, 0.2) is 0 Å². The fraction of sp³-hybridized carbons (Fsp3) is 0.364. The van der Waals surface area contributed by atoms with Gasteiger partial charge in [0, 0.05) is 30.3 Å². The van der Waals surface area contributed by atoms with Crippen LogP contribution in [-0.4, -0.2) is 35.8 Å². The van der Waals surface area contributed by atoms with Crippen molar-refractivity contribution < 1.29 is 9.59 Å². The lowest BCUT2D eigenvalue weighted by molar-refractivity contribution is 0.0698. The highest BCUT2D eigenvalue weighted by atomic mass is 16.2. The van der Waals surface area contributed by atoms with Gasteiger partial charge >= 0.3 is 0 Å². The van der Waals surface area contributed by atoms with Gasteiger partial charge in [0.1, 0.15) is 0 Å². The highest BCUT2D eigenvalue weighted by Gasteiger charge is 2.25. The third-order valence-electron chi connectivity index (χ3n) is 5.19. The minimum atomic E-state index is -0.0380. The fourth-order valence-corrected chi connectivity index (χ4v) is 3.26. The lowest BCUT2D eigenvalue weighted by Gasteiger charge is -2.32. The Bertz CT molecular complexity index is 803. The van der Waals surface area contributed by atoms with E-state index >= 15 is 0 Å². The number of nitrogens with zero attached hydrogens (tertiary/aromatic N) is 1. The van der Waals surface area contributed by atoms with E-state index in [1.165, 1.54) is 5.56 Å². The van der Waals surface area contributed by atoms with Crippen LogP contribution in [0.4, 0.5) is 0 Å². The Hall–Kier alpha value is -2.62. The number of benzene rings is 2. The van der Waals surface area contributed by atoms with Crippen molar-refractivity contribution in [2.24, 2.45) is 0 Å². The summed E-state index contributed by atoms with van der Waals surface area (Å²) in [7, 11) is 0. The predicted molar refractivity (Wildman–Crippen MR) is 103 cm³/mol. The van der Waals surface area contributed by atoms with Crippen molar-refractivity contribution >= 4 is 11.8 Å². The molecule has 1 fully saturated rings. The summed E-state index contributed by atoms with van der Waals surface area (Å²) in [5.41, 5.74) is 4.90. The SMILES string of the molecule is Cc1ccc(C(=O)NC2CCN(C(=O)c3ccc(C)c(C)c3)CC2)cc1. The quantitative estimate of drug-likeness (QED) is 0.919. The number of hydrogen-bond donors (Lipinski definition) is 1. The largest absolute Gasteiger partial charge is 0.349 e. The average Bonchev–Trinajstić information content (AvgIpc) is 2.64.